The third kappa shape index (κ3) is 3.99. The Kier molecular flexibility index (Phi) is 5.43. The van der Waals surface area contributed by atoms with Crippen LogP contribution in [0.3, 0.4) is 0 Å². The zero-order valence-electron chi connectivity index (χ0n) is 12.9. The topological polar surface area (TPSA) is 18.5 Å². The van der Waals surface area contributed by atoms with Crippen molar-refractivity contribution in [3.8, 4) is 11.5 Å². The first-order valence-electron chi connectivity index (χ1n) is 7.14. The summed E-state index contributed by atoms with van der Waals surface area (Å²) in [4.78, 5) is 0. The summed E-state index contributed by atoms with van der Waals surface area (Å²) >= 11 is 11.2. The van der Waals surface area contributed by atoms with Crippen LogP contribution in [-0.2, 0) is 10.2 Å². The van der Waals surface area contributed by atoms with Gasteiger partial charge in [-0.1, -0.05) is 23.7 Å². The van der Waals surface area contributed by atoms with Gasteiger partial charge in [-0.3, -0.25) is 0 Å². The molecule has 0 heterocycles. The largest absolute Gasteiger partial charge is 0.486 e. The average Bonchev–Trinajstić information content (AvgIpc) is 2.50. The quantitative estimate of drug-likeness (QED) is 0.646. The summed E-state index contributed by atoms with van der Waals surface area (Å²) in [7, 11) is 0. The van der Waals surface area contributed by atoms with Crippen LogP contribution in [-0.4, -0.2) is 11.7 Å². The summed E-state index contributed by atoms with van der Waals surface area (Å²) < 4.78 is 11.3. The zero-order valence-corrected chi connectivity index (χ0v) is 14.5. The minimum Gasteiger partial charge on any atom is -0.486 e. The summed E-state index contributed by atoms with van der Waals surface area (Å²) in [5.41, 5.74) is 0.777. The lowest BCUT2D eigenvalue weighted by Gasteiger charge is -2.26. The van der Waals surface area contributed by atoms with Gasteiger partial charge < -0.3 is 9.47 Å². The number of halogens is 1. The molecule has 2 aromatic carbocycles. The van der Waals surface area contributed by atoms with Crippen molar-refractivity contribution in [2.75, 3.05) is 6.61 Å². The van der Waals surface area contributed by atoms with Gasteiger partial charge in [0.2, 0.25) is 0 Å². The van der Waals surface area contributed by atoms with Crippen LogP contribution in [0.25, 0.3) is 0 Å². The number of benzene rings is 2. The van der Waals surface area contributed by atoms with Crippen LogP contribution >= 0.6 is 23.8 Å². The molecule has 0 N–H and O–H groups in total. The molecule has 0 fully saturated rings. The van der Waals surface area contributed by atoms with E-state index >= 15 is 0 Å². The van der Waals surface area contributed by atoms with Gasteiger partial charge >= 0.3 is 0 Å². The smallest absolute Gasteiger partial charge is 0.169 e. The summed E-state index contributed by atoms with van der Waals surface area (Å²) in [5.74, 6) is 1.52. The van der Waals surface area contributed by atoms with Gasteiger partial charge in [0.1, 0.15) is 11.5 Å². The van der Waals surface area contributed by atoms with E-state index in [4.69, 9.17) is 33.3 Å². The molecule has 22 heavy (non-hydrogen) atoms. The molecule has 2 nitrogen and oxygen atoms in total. The Labute approximate surface area is 142 Å². The molecule has 0 aromatic heterocycles. The monoisotopic (exact) mass is 334 g/mol. The Morgan fingerprint density at radius 1 is 1.00 bits per heavy atom. The molecule has 0 spiro atoms. The lowest BCUT2D eigenvalue weighted by atomic mass is 9.85. The second-order valence-corrected chi connectivity index (χ2v) is 6.23. The molecule has 0 bridgehead atoms. The Morgan fingerprint density at radius 3 is 2.00 bits per heavy atom. The van der Waals surface area contributed by atoms with Gasteiger partial charge in [-0.2, -0.15) is 0 Å². The predicted molar refractivity (Wildman–Crippen MR) is 95.2 cm³/mol. The highest BCUT2D eigenvalue weighted by Gasteiger charge is 2.27. The van der Waals surface area contributed by atoms with Crippen molar-refractivity contribution in [2.24, 2.45) is 0 Å². The lowest BCUT2D eigenvalue weighted by Crippen LogP contribution is -2.29. The lowest BCUT2D eigenvalue weighted by molar-refractivity contribution is 0.307. The highest BCUT2D eigenvalue weighted by molar-refractivity contribution is 7.80. The summed E-state index contributed by atoms with van der Waals surface area (Å²) in [6.45, 7) is 6.63. The third-order valence-corrected chi connectivity index (χ3v) is 4.29. The molecule has 0 atom stereocenters. The van der Waals surface area contributed by atoms with Crippen molar-refractivity contribution in [2.45, 2.75) is 26.2 Å². The SMILES string of the molecule is CCOC(=S)C(C)(C)c1ccc(Oc2ccc(Cl)cc2)cc1. The first-order valence-corrected chi connectivity index (χ1v) is 7.93. The van der Waals surface area contributed by atoms with E-state index in [9.17, 15) is 0 Å². The zero-order chi connectivity index (χ0) is 16.2. The Bertz CT molecular complexity index is 633. The van der Waals surface area contributed by atoms with Gasteiger partial charge in [-0.15, -0.1) is 0 Å². The van der Waals surface area contributed by atoms with Crippen LogP contribution in [0.15, 0.2) is 48.5 Å². The molecule has 0 radical (unpaired) electrons. The molecular formula is C18H19ClO2S. The molecule has 0 aliphatic rings. The fourth-order valence-electron chi connectivity index (χ4n) is 2.01. The van der Waals surface area contributed by atoms with Gasteiger partial charge in [-0.05, 0) is 75.0 Å². The Balaban J connectivity index is 2.13. The van der Waals surface area contributed by atoms with Gasteiger partial charge in [-0.25, -0.2) is 0 Å². The van der Waals surface area contributed by atoms with E-state index < -0.39 is 0 Å². The second kappa shape index (κ2) is 7.12. The number of ether oxygens (including phenoxy) is 2. The number of hydrogen-bond donors (Lipinski definition) is 0. The number of thiocarbonyl (C=S) groups is 1. The second-order valence-electron chi connectivity index (χ2n) is 5.43. The van der Waals surface area contributed by atoms with E-state index in [0.717, 1.165) is 17.1 Å². The minimum absolute atomic E-state index is 0.315. The highest BCUT2D eigenvalue weighted by Crippen LogP contribution is 2.29. The van der Waals surface area contributed by atoms with Crippen LogP contribution in [0.4, 0.5) is 0 Å². The van der Waals surface area contributed by atoms with E-state index in [2.05, 4.69) is 13.8 Å². The maximum Gasteiger partial charge on any atom is 0.169 e. The van der Waals surface area contributed by atoms with E-state index in [1.54, 1.807) is 12.1 Å². The predicted octanol–water partition coefficient (Wildman–Crippen LogP) is 5.77. The number of rotatable bonds is 5. The number of hydrogen-bond acceptors (Lipinski definition) is 3. The fraction of sp³-hybridized carbons (Fsp3) is 0.278. The standard InChI is InChI=1S/C18H19ClO2S/c1-4-20-17(22)18(2,3)13-5-9-15(10-6-13)21-16-11-7-14(19)8-12-16/h5-12H,4H2,1-3H3. The first kappa shape index (κ1) is 16.8. The molecule has 0 amide bonds. The Morgan fingerprint density at radius 2 is 1.50 bits per heavy atom. The van der Waals surface area contributed by atoms with Gasteiger partial charge in [0.05, 0.1) is 12.0 Å². The van der Waals surface area contributed by atoms with E-state index in [-0.39, 0.29) is 5.41 Å². The molecule has 2 rings (SSSR count). The van der Waals surface area contributed by atoms with Crippen LogP contribution in [0, 0.1) is 0 Å². The van der Waals surface area contributed by atoms with Crippen molar-refractivity contribution in [1.29, 1.82) is 0 Å². The Hall–Kier alpha value is -1.58. The van der Waals surface area contributed by atoms with Crippen molar-refractivity contribution in [1.82, 2.24) is 0 Å². The minimum atomic E-state index is -0.315. The molecular weight excluding hydrogens is 316 g/mol. The molecule has 116 valence electrons. The summed E-state index contributed by atoms with van der Waals surface area (Å²) in [5, 5.41) is 1.29. The van der Waals surface area contributed by atoms with Crippen LogP contribution in [0.1, 0.15) is 26.3 Å². The van der Waals surface area contributed by atoms with Gasteiger partial charge in [0.25, 0.3) is 0 Å². The maximum atomic E-state index is 5.86. The normalized spacial score (nSPS) is 11.1. The van der Waals surface area contributed by atoms with E-state index in [1.165, 1.54) is 0 Å². The highest BCUT2D eigenvalue weighted by atomic mass is 35.5. The summed E-state index contributed by atoms with van der Waals surface area (Å²) in [6.07, 6.45) is 0. The molecule has 0 aliphatic heterocycles. The van der Waals surface area contributed by atoms with Crippen LogP contribution < -0.4 is 4.74 Å². The van der Waals surface area contributed by atoms with Crippen molar-refractivity contribution in [3.63, 3.8) is 0 Å². The van der Waals surface area contributed by atoms with Crippen molar-refractivity contribution >= 4 is 28.9 Å². The van der Waals surface area contributed by atoms with Crippen molar-refractivity contribution in [3.05, 3.63) is 59.1 Å². The van der Waals surface area contributed by atoms with Gasteiger partial charge in [0, 0.05) is 5.02 Å². The molecule has 0 unspecified atom stereocenters. The van der Waals surface area contributed by atoms with E-state index in [0.29, 0.717) is 16.7 Å². The first-order chi connectivity index (χ1) is 10.4. The average molecular weight is 335 g/mol. The van der Waals surface area contributed by atoms with Crippen molar-refractivity contribution < 1.29 is 9.47 Å². The van der Waals surface area contributed by atoms with Gasteiger partial charge in [0.15, 0.2) is 5.05 Å². The van der Waals surface area contributed by atoms with Crippen LogP contribution in [0.2, 0.25) is 5.02 Å². The fourth-order valence-corrected chi connectivity index (χ4v) is 2.37. The maximum absolute atomic E-state index is 5.86. The molecule has 2 aromatic rings. The van der Waals surface area contributed by atoms with E-state index in [1.807, 2.05) is 43.3 Å². The molecule has 0 saturated heterocycles. The summed E-state index contributed by atoms with van der Waals surface area (Å²) in [6, 6.07) is 15.2. The molecule has 0 saturated carbocycles. The molecule has 0 aliphatic carbocycles. The van der Waals surface area contributed by atoms with Crippen LogP contribution in [0.5, 0.6) is 11.5 Å². The third-order valence-electron chi connectivity index (χ3n) is 3.41. The molecule has 4 heteroatoms.